The predicted molar refractivity (Wildman–Crippen MR) is 68.6 cm³/mol. The van der Waals surface area contributed by atoms with Crippen molar-refractivity contribution in [3.63, 3.8) is 0 Å². The topological polar surface area (TPSA) is 29.1 Å². The minimum Gasteiger partial charge on any atom is -0.345 e. The molecule has 1 amide bonds. The van der Waals surface area contributed by atoms with Crippen LogP contribution in [0.1, 0.15) is 6.42 Å². The maximum Gasteiger partial charge on any atom is 0.221 e. The molecule has 0 fully saturated rings. The van der Waals surface area contributed by atoms with E-state index in [0.717, 1.165) is 15.7 Å². The van der Waals surface area contributed by atoms with Crippen LogP contribution in [0.5, 0.6) is 0 Å². The van der Waals surface area contributed by atoms with E-state index in [9.17, 15) is 4.79 Å². The molecule has 2 nitrogen and oxygen atoms in total. The van der Waals surface area contributed by atoms with E-state index < -0.39 is 0 Å². The first-order valence-corrected chi connectivity index (χ1v) is 6.17. The highest BCUT2D eigenvalue weighted by Gasteiger charge is 2.00. The molecule has 1 rings (SSSR count). The summed E-state index contributed by atoms with van der Waals surface area (Å²) >= 11 is 7.38. The number of carbonyl (C=O) groups excluding carboxylic acids is 1. The lowest BCUT2D eigenvalue weighted by atomic mass is 10.4. The number of thioether (sulfide) groups is 1. The van der Waals surface area contributed by atoms with Crippen LogP contribution >= 0.6 is 23.4 Å². The number of hydrogen-bond donors (Lipinski definition) is 1. The zero-order valence-electron chi connectivity index (χ0n) is 8.70. The number of nitrogens with one attached hydrogen (secondary N) is 1. The molecule has 0 aliphatic rings. The Hall–Kier alpha value is -1.11. The second-order valence-corrected chi connectivity index (χ2v) is 4.64. The van der Waals surface area contributed by atoms with E-state index >= 15 is 0 Å². The summed E-state index contributed by atoms with van der Waals surface area (Å²) in [6, 6.07) is 7.54. The van der Waals surface area contributed by atoms with Crippen molar-refractivity contribution in [2.45, 2.75) is 11.3 Å². The van der Waals surface area contributed by atoms with Gasteiger partial charge in [0.05, 0.1) is 6.54 Å². The average Bonchev–Trinajstić information content (AvgIpc) is 2.29. The fourth-order valence-corrected chi connectivity index (χ4v) is 2.01. The number of rotatable bonds is 5. The fourth-order valence-electron chi connectivity index (χ4n) is 1.03. The van der Waals surface area contributed by atoms with E-state index in [4.69, 9.17) is 18.0 Å². The van der Waals surface area contributed by atoms with Crippen LogP contribution in [0.4, 0.5) is 0 Å². The van der Waals surface area contributed by atoms with E-state index in [1.54, 1.807) is 11.8 Å². The van der Waals surface area contributed by atoms with Gasteiger partial charge in [0.25, 0.3) is 0 Å². The maximum absolute atomic E-state index is 11.2. The first-order valence-electron chi connectivity index (χ1n) is 4.81. The molecule has 0 spiro atoms. The van der Waals surface area contributed by atoms with Gasteiger partial charge in [0.1, 0.15) is 0 Å². The van der Waals surface area contributed by atoms with Crippen LogP contribution in [0, 0.1) is 12.3 Å². The highest BCUT2D eigenvalue weighted by molar-refractivity contribution is 7.99. The third-order valence-corrected chi connectivity index (χ3v) is 3.06. The smallest absolute Gasteiger partial charge is 0.221 e. The van der Waals surface area contributed by atoms with Crippen LogP contribution in [0.25, 0.3) is 0 Å². The lowest BCUT2D eigenvalue weighted by Gasteiger charge is -2.02. The Kier molecular flexibility index (Phi) is 5.84. The van der Waals surface area contributed by atoms with Gasteiger partial charge < -0.3 is 5.32 Å². The Morgan fingerprint density at radius 2 is 2.12 bits per heavy atom. The molecular weight excluding hydrogens is 242 g/mol. The normalized spacial score (nSPS) is 9.50. The van der Waals surface area contributed by atoms with Gasteiger partial charge in [-0.2, -0.15) is 0 Å². The molecule has 16 heavy (non-hydrogen) atoms. The van der Waals surface area contributed by atoms with Crippen LogP contribution in [0.2, 0.25) is 5.02 Å². The molecule has 0 aromatic heterocycles. The molecule has 0 unspecified atom stereocenters. The van der Waals surface area contributed by atoms with E-state index in [0.29, 0.717) is 13.0 Å². The van der Waals surface area contributed by atoms with E-state index in [1.807, 2.05) is 24.3 Å². The summed E-state index contributed by atoms with van der Waals surface area (Å²) in [5, 5.41) is 3.34. The minimum atomic E-state index is -0.0144. The second-order valence-electron chi connectivity index (χ2n) is 3.03. The summed E-state index contributed by atoms with van der Waals surface area (Å²) in [7, 11) is 0. The number of benzene rings is 1. The summed E-state index contributed by atoms with van der Waals surface area (Å²) in [6.45, 7) is 0.296. The zero-order chi connectivity index (χ0) is 11.8. The van der Waals surface area contributed by atoms with Crippen molar-refractivity contribution in [2.24, 2.45) is 0 Å². The second kappa shape index (κ2) is 7.21. The monoisotopic (exact) mass is 253 g/mol. The Morgan fingerprint density at radius 1 is 1.44 bits per heavy atom. The standard InChI is InChI=1S/C12H12ClNOS/c1-2-8-14-12(15)7-9-16-11-5-3-10(13)4-6-11/h1,3-6H,7-9H2,(H,14,15). The van der Waals surface area contributed by atoms with Gasteiger partial charge in [-0.25, -0.2) is 0 Å². The van der Waals surface area contributed by atoms with Gasteiger partial charge in [-0.15, -0.1) is 18.2 Å². The van der Waals surface area contributed by atoms with Gasteiger partial charge in [0.15, 0.2) is 0 Å². The SMILES string of the molecule is C#CCNC(=O)CCSc1ccc(Cl)cc1. The van der Waals surface area contributed by atoms with E-state index in [2.05, 4.69) is 11.2 Å². The van der Waals surface area contributed by atoms with Gasteiger partial charge in [-0.3, -0.25) is 4.79 Å². The van der Waals surface area contributed by atoms with Crippen LogP contribution in [-0.2, 0) is 4.79 Å². The number of terminal acetylenes is 1. The molecule has 1 aromatic carbocycles. The van der Waals surface area contributed by atoms with E-state index in [1.165, 1.54) is 0 Å². The Labute approximate surface area is 105 Å². The molecule has 84 valence electrons. The molecule has 0 saturated carbocycles. The average molecular weight is 254 g/mol. The molecule has 4 heteroatoms. The quantitative estimate of drug-likeness (QED) is 0.646. The highest BCUT2D eigenvalue weighted by Crippen LogP contribution is 2.20. The van der Waals surface area contributed by atoms with Crippen LogP contribution in [-0.4, -0.2) is 18.2 Å². The molecule has 0 aliphatic heterocycles. The summed E-state index contributed by atoms with van der Waals surface area (Å²) in [4.78, 5) is 12.3. The highest BCUT2D eigenvalue weighted by atomic mass is 35.5. The van der Waals surface area contributed by atoms with Gasteiger partial charge >= 0.3 is 0 Å². The number of amides is 1. The van der Waals surface area contributed by atoms with Crippen molar-refractivity contribution in [3.8, 4) is 12.3 Å². The fraction of sp³-hybridized carbons (Fsp3) is 0.250. The largest absolute Gasteiger partial charge is 0.345 e. The van der Waals surface area contributed by atoms with Crippen LogP contribution in [0.3, 0.4) is 0 Å². The van der Waals surface area contributed by atoms with Crippen molar-refractivity contribution >= 4 is 29.3 Å². The Morgan fingerprint density at radius 3 is 2.75 bits per heavy atom. The Bertz CT molecular complexity index is 383. The van der Waals surface area contributed by atoms with Gasteiger partial charge in [-0.05, 0) is 24.3 Å². The summed E-state index contributed by atoms with van der Waals surface area (Å²) < 4.78 is 0. The van der Waals surface area contributed by atoms with Crippen molar-refractivity contribution in [1.82, 2.24) is 5.32 Å². The van der Waals surface area contributed by atoms with Crippen molar-refractivity contribution < 1.29 is 4.79 Å². The Balaban J connectivity index is 2.23. The molecule has 0 atom stereocenters. The first kappa shape index (κ1) is 13.0. The molecule has 0 radical (unpaired) electrons. The molecule has 0 heterocycles. The van der Waals surface area contributed by atoms with Crippen molar-refractivity contribution in [2.75, 3.05) is 12.3 Å². The lowest BCUT2D eigenvalue weighted by molar-refractivity contribution is -0.120. The molecule has 0 aliphatic carbocycles. The zero-order valence-corrected chi connectivity index (χ0v) is 10.3. The van der Waals surface area contributed by atoms with Gasteiger partial charge in [-0.1, -0.05) is 17.5 Å². The summed E-state index contributed by atoms with van der Waals surface area (Å²) in [5.41, 5.74) is 0. The number of carbonyl (C=O) groups is 1. The summed E-state index contributed by atoms with van der Waals surface area (Å²) in [6.07, 6.45) is 5.50. The van der Waals surface area contributed by atoms with E-state index in [-0.39, 0.29) is 5.91 Å². The molecular formula is C12H12ClNOS. The van der Waals surface area contributed by atoms with Crippen LogP contribution < -0.4 is 5.32 Å². The van der Waals surface area contributed by atoms with Gasteiger partial charge in [0.2, 0.25) is 5.91 Å². The number of halogens is 1. The molecule has 1 N–H and O–H groups in total. The molecule has 0 bridgehead atoms. The van der Waals surface area contributed by atoms with Crippen molar-refractivity contribution in [1.29, 1.82) is 0 Å². The third kappa shape index (κ3) is 5.11. The number of hydrogen-bond acceptors (Lipinski definition) is 2. The van der Waals surface area contributed by atoms with Crippen molar-refractivity contribution in [3.05, 3.63) is 29.3 Å². The molecule has 0 saturated heterocycles. The third-order valence-electron chi connectivity index (χ3n) is 1.80. The summed E-state index contributed by atoms with van der Waals surface area (Å²) in [5.74, 6) is 3.08. The molecule has 1 aromatic rings. The lowest BCUT2D eigenvalue weighted by Crippen LogP contribution is -2.23. The first-order chi connectivity index (χ1) is 7.72. The van der Waals surface area contributed by atoms with Crippen LogP contribution in [0.15, 0.2) is 29.2 Å². The maximum atomic E-state index is 11.2. The minimum absolute atomic E-state index is 0.0144. The predicted octanol–water partition coefficient (Wildman–Crippen LogP) is 2.57. The van der Waals surface area contributed by atoms with Gasteiger partial charge in [0, 0.05) is 22.1 Å².